The second-order valence-corrected chi connectivity index (χ2v) is 4.84. The molecule has 12 heavy (non-hydrogen) atoms. The van der Waals surface area contributed by atoms with Crippen LogP contribution in [0.4, 0.5) is 0 Å². The molecule has 2 atom stereocenters. The summed E-state index contributed by atoms with van der Waals surface area (Å²) in [5.74, 6) is 1.34. The van der Waals surface area contributed by atoms with E-state index in [9.17, 15) is 0 Å². The third-order valence-corrected chi connectivity index (χ3v) is 3.01. The Kier molecular flexibility index (Phi) is 3.42. The van der Waals surface area contributed by atoms with Crippen molar-refractivity contribution in [3.63, 3.8) is 0 Å². The van der Waals surface area contributed by atoms with Crippen molar-refractivity contribution in [2.24, 2.45) is 5.92 Å². The molecule has 0 saturated carbocycles. The molecule has 1 saturated heterocycles. The predicted molar refractivity (Wildman–Crippen MR) is 52.7 cm³/mol. The quantitative estimate of drug-likeness (QED) is 0.621. The summed E-state index contributed by atoms with van der Waals surface area (Å²) in [5, 5.41) is 0. The lowest BCUT2D eigenvalue weighted by molar-refractivity contribution is -0.0226. The molecule has 1 fully saturated rings. The normalized spacial score (nSPS) is 30.5. The molecule has 1 heterocycles. The van der Waals surface area contributed by atoms with Gasteiger partial charge in [0, 0.05) is 5.88 Å². The Hall–Kier alpha value is 0.250. The predicted octanol–water partition coefficient (Wildman–Crippen LogP) is 3.21. The zero-order chi connectivity index (χ0) is 9.19. The fourth-order valence-corrected chi connectivity index (χ4v) is 1.88. The molecular weight excluding hydrogens is 172 g/mol. The van der Waals surface area contributed by atoms with Gasteiger partial charge in [-0.1, -0.05) is 6.92 Å². The summed E-state index contributed by atoms with van der Waals surface area (Å²) < 4.78 is 5.86. The van der Waals surface area contributed by atoms with E-state index in [2.05, 4.69) is 20.8 Å². The van der Waals surface area contributed by atoms with Crippen molar-refractivity contribution in [3.8, 4) is 0 Å². The monoisotopic (exact) mass is 190 g/mol. The summed E-state index contributed by atoms with van der Waals surface area (Å²) in [7, 11) is 0. The van der Waals surface area contributed by atoms with E-state index in [0.717, 1.165) is 12.3 Å². The third-order valence-electron chi connectivity index (χ3n) is 2.48. The van der Waals surface area contributed by atoms with Crippen molar-refractivity contribution in [2.45, 2.75) is 51.7 Å². The van der Waals surface area contributed by atoms with Crippen molar-refractivity contribution >= 4 is 11.6 Å². The van der Waals surface area contributed by atoms with E-state index in [1.807, 2.05) is 0 Å². The van der Waals surface area contributed by atoms with Crippen LogP contribution >= 0.6 is 11.6 Å². The molecule has 0 N–H and O–H groups in total. The van der Waals surface area contributed by atoms with E-state index in [4.69, 9.17) is 16.3 Å². The van der Waals surface area contributed by atoms with Gasteiger partial charge in [0.1, 0.15) is 0 Å². The number of alkyl halides is 1. The highest BCUT2D eigenvalue weighted by atomic mass is 35.5. The van der Waals surface area contributed by atoms with E-state index in [-0.39, 0.29) is 5.60 Å². The summed E-state index contributed by atoms with van der Waals surface area (Å²) in [5.41, 5.74) is 0.108. The highest BCUT2D eigenvalue weighted by molar-refractivity contribution is 6.18. The second kappa shape index (κ2) is 3.97. The minimum Gasteiger partial charge on any atom is -0.372 e. The second-order valence-electron chi connectivity index (χ2n) is 4.53. The van der Waals surface area contributed by atoms with Crippen molar-refractivity contribution in [2.75, 3.05) is 5.88 Å². The molecular formula is C10H19ClO. The van der Waals surface area contributed by atoms with E-state index < -0.39 is 0 Å². The van der Waals surface area contributed by atoms with Crippen LogP contribution in [0.1, 0.15) is 40.0 Å². The topological polar surface area (TPSA) is 9.23 Å². The van der Waals surface area contributed by atoms with Crippen LogP contribution < -0.4 is 0 Å². The van der Waals surface area contributed by atoms with Crippen LogP contribution in [0, 0.1) is 5.92 Å². The van der Waals surface area contributed by atoms with Crippen molar-refractivity contribution in [3.05, 3.63) is 0 Å². The highest BCUT2D eigenvalue weighted by Crippen LogP contribution is 2.32. The summed E-state index contributed by atoms with van der Waals surface area (Å²) in [6.45, 7) is 6.51. The van der Waals surface area contributed by atoms with Crippen molar-refractivity contribution in [1.29, 1.82) is 0 Å². The number of rotatable bonds is 3. The lowest BCUT2D eigenvalue weighted by Crippen LogP contribution is -2.21. The molecule has 0 aromatic rings. The van der Waals surface area contributed by atoms with Crippen LogP contribution in [0.25, 0.3) is 0 Å². The van der Waals surface area contributed by atoms with Crippen LogP contribution in [0.2, 0.25) is 0 Å². The fraction of sp³-hybridized carbons (Fsp3) is 1.00. The Morgan fingerprint density at radius 3 is 2.67 bits per heavy atom. The summed E-state index contributed by atoms with van der Waals surface area (Å²) in [6, 6.07) is 0. The van der Waals surface area contributed by atoms with Gasteiger partial charge in [0.25, 0.3) is 0 Å². The smallest absolute Gasteiger partial charge is 0.0631 e. The van der Waals surface area contributed by atoms with E-state index in [1.165, 1.54) is 12.8 Å². The number of ether oxygens (including phenoxy) is 1. The van der Waals surface area contributed by atoms with Gasteiger partial charge in [0.15, 0.2) is 0 Å². The first-order valence-electron chi connectivity index (χ1n) is 4.77. The van der Waals surface area contributed by atoms with Crippen LogP contribution in [0.3, 0.4) is 0 Å². The van der Waals surface area contributed by atoms with Crippen LogP contribution in [-0.2, 0) is 4.74 Å². The molecule has 0 aliphatic carbocycles. The average molecular weight is 191 g/mol. The SMILES string of the molecule is CC(CCl)CC1CCC(C)(C)O1. The first kappa shape index (κ1) is 10.3. The lowest BCUT2D eigenvalue weighted by atomic mass is 10.0. The van der Waals surface area contributed by atoms with Crippen molar-refractivity contribution in [1.82, 2.24) is 0 Å². The van der Waals surface area contributed by atoms with Gasteiger partial charge < -0.3 is 4.74 Å². The molecule has 2 heteroatoms. The molecule has 1 aliphatic heterocycles. The van der Waals surface area contributed by atoms with Crippen LogP contribution in [0.15, 0.2) is 0 Å². The summed E-state index contributed by atoms with van der Waals surface area (Å²) in [4.78, 5) is 0. The molecule has 1 rings (SSSR count). The summed E-state index contributed by atoms with van der Waals surface area (Å²) in [6.07, 6.45) is 3.96. The van der Waals surface area contributed by atoms with Crippen molar-refractivity contribution < 1.29 is 4.74 Å². The largest absolute Gasteiger partial charge is 0.372 e. The minimum atomic E-state index is 0.108. The Morgan fingerprint density at radius 1 is 1.58 bits per heavy atom. The van der Waals surface area contributed by atoms with Gasteiger partial charge in [-0.3, -0.25) is 0 Å². The van der Waals surface area contributed by atoms with Gasteiger partial charge >= 0.3 is 0 Å². The average Bonchev–Trinajstić information content (AvgIpc) is 2.30. The maximum Gasteiger partial charge on any atom is 0.0631 e. The molecule has 1 aliphatic rings. The third kappa shape index (κ3) is 2.95. The highest BCUT2D eigenvalue weighted by Gasteiger charge is 2.31. The lowest BCUT2D eigenvalue weighted by Gasteiger charge is -2.20. The Balaban J connectivity index is 2.28. The van der Waals surface area contributed by atoms with Gasteiger partial charge in [0.2, 0.25) is 0 Å². The molecule has 0 aromatic heterocycles. The van der Waals surface area contributed by atoms with Gasteiger partial charge in [-0.15, -0.1) is 11.6 Å². The maximum atomic E-state index is 5.86. The Bertz CT molecular complexity index is 145. The molecule has 0 aromatic carbocycles. The molecule has 1 nitrogen and oxygen atoms in total. The standard InChI is InChI=1S/C10H19ClO/c1-8(7-11)6-9-4-5-10(2,3)12-9/h8-9H,4-7H2,1-3H3. The first-order valence-corrected chi connectivity index (χ1v) is 5.31. The zero-order valence-electron chi connectivity index (χ0n) is 8.27. The number of hydrogen-bond acceptors (Lipinski definition) is 1. The van der Waals surface area contributed by atoms with Gasteiger partial charge in [-0.2, -0.15) is 0 Å². The molecule has 0 amide bonds. The van der Waals surface area contributed by atoms with Gasteiger partial charge in [-0.05, 0) is 39.0 Å². The van der Waals surface area contributed by atoms with E-state index in [0.29, 0.717) is 12.0 Å². The minimum absolute atomic E-state index is 0.108. The van der Waals surface area contributed by atoms with Gasteiger partial charge in [0.05, 0.1) is 11.7 Å². The summed E-state index contributed by atoms with van der Waals surface area (Å²) >= 11 is 5.75. The van der Waals surface area contributed by atoms with E-state index in [1.54, 1.807) is 0 Å². The van der Waals surface area contributed by atoms with E-state index >= 15 is 0 Å². The zero-order valence-corrected chi connectivity index (χ0v) is 9.03. The molecule has 0 spiro atoms. The van der Waals surface area contributed by atoms with Crippen LogP contribution in [-0.4, -0.2) is 17.6 Å². The number of halogens is 1. The fourth-order valence-electron chi connectivity index (χ4n) is 1.76. The molecule has 0 bridgehead atoms. The maximum absolute atomic E-state index is 5.86. The van der Waals surface area contributed by atoms with Crippen LogP contribution in [0.5, 0.6) is 0 Å². The molecule has 72 valence electrons. The first-order chi connectivity index (χ1) is 5.53. The number of hydrogen-bond donors (Lipinski definition) is 0. The molecule has 0 radical (unpaired) electrons. The van der Waals surface area contributed by atoms with Gasteiger partial charge in [-0.25, -0.2) is 0 Å². The Morgan fingerprint density at radius 2 is 2.25 bits per heavy atom. The Labute approximate surface area is 80.4 Å². The molecule has 2 unspecified atom stereocenters.